The van der Waals surface area contributed by atoms with Crippen molar-refractivity contribution in [3.05, 3.63) is 102 Å². The third-order valence-corrected chi connectivity index (χ3v) is 5.61. The summed E-state index contributed by atoms with van der Waals surface area (Å²) < 4.78 is 34.6. The van der Waals surface area contributed by atoms with Crippen LogP contribution < -0.4 is 9.88 Å². The van der Waals surface area contributed by atoms with Gasteiger partial charge in [0, 0.05) is 12.1 Å². The average molecular weight is 483 g/mol. The molecule has 1 unspecified atom stereocenters. The zero-order chi connectivity index (χ0) is 24.6. The summed E-state index contributed by atoms with van der Waals surface area (Å²) in [6.45, 7) is 0.763. The van der Waals surface area contributed by atoms with Crippen molar-refractivity contribution >= 4 is 21.5 Å². The molecule has 0 saturated heterocycles. The summed E-state index contributed by atoms with van der Waals surface area (Å²) in [5.41, 5.74) is 3.56. The van der Waals surface area contributed by atoms with Crippen LogP contribution in [0.4, 0.5) is 0 Å². The number of hydrogen-bond acceptors (Lipinski definition) is 6. The Bertz CT molecular complexity index is 1180. The van der Waals surface area contributed by atoms with Gasteiger partial charge < -0.3 is 14.7 Å². The first-order valence-electron chi connectivity index (χ1n) is 10.8. The molecular formula is C26H30N2O5S. The van der Waals surface area contributed by atoms with Crippen LogP contribution in [0.25, 0.3) is 11.1 Å². The minimum Gasteiger partial charge on any atom is -0.492 e. The molecule has 3 rings (SSSR count). The molecule has 3 N–H and O–H groups in total. The molecule has 0 radical (unpaired) electrons. The smallest absolute Gasteiger partial charge is 0.333 e. The maximum absolute atomic E-state index is 11.8. The van der Waals surface area contributed by atoms with Crippen LogP contribution >= 0.6 is 0 Å². The highest BCUT2D eigenvalue weighted by Crippen LogP contribution is 2.36. The quantitative estimate of drug-likeness (QED) is 0.407. The van der Waals surface area contributed by atoms with Crippen LogP contribution in [0.1, 0.15) is 16.7 Å². The Morgan fingerprint density at radius 2 is 1.41 bits per heavy atom. The lowest BCUT2D eigenvalue weighted by Crippen LogP contribution is -2.28. The topological polar surface area (TPSA) is 102 Å². The van der Waals surface area contributed by atoms with Gasteiger partial charge in [0.05, 0.1) is 6.61 Å². The van der Waals surface area contributed by atoms with E-state index in [9.17, 15) is 13.5 Å². The number of aliphatic hydroxyl groups is 1. The Balaban J connectivity index is 2.18. The van der Waals surface area contributed by atoms with Gasteiger partial charge in [0.2, 0.25) is 0 Å². The molecule has 0 aliphatic heterocycles. The van der Waals surface area contributed by atoms with Crippen LogP contribution in [0, 0.1) is 0 Å². The monoisotopic (exact) mass is 482 g/mol. The molecule has 0 amide bonds. The van der Waals surface area contributed by atoms with Gasteiger partial charge >= 0.3 is 10.3 Å². The SMILES string of the molecule is CN(C)CCOc1ccc(/C(=C(/c2ccccc2)C(CO)OS(N)(=O)=O)c2ccccc2)cc1. The van der Waals surface area contributed by atoms with Gasteiger partial charge in [0.1, 0.15) is 18.5 Å². The van der Waals surface area contributed by atoms with Crippen molar-refractivity contribution in [1.82, 2.24) is 4.90 Å². The van der Waals surface area contributed by atoms with Gasteiger partial charge in [0.15, 0.2) is 0 Å². The number of aliphatic hydroxyl groups excluding tert-OH is 1. The zero-order valence-electron chi connectivity index (χ0n) is 19.3. The van der Waals surface area contributed by atoms with Crippen LogP contribution in [-0.4, -0.2) is 58.4 Å². The van der Waals surface area contributed by atoms with E-state index in [2.05, 4.69) is 0 Å². The summed E-state index contributed by atoms with van der Waals surface area (Å²) in [6, 6.07) is 26.3. The number of rotatable bonds is 11. The third-order valence-electron chi connectivity index (χ3n) is 5.10. The lowest BCUT2D eigenvalue weighted by molar-refractivity contribution is 0.162. The van der Waals surface area contributed by atoms with Crippen molar-refractivity contribution in [3.63, 3.8) is 0 Å². The second-order valence-corrected chi connectivity index (χ2v) is 9.14. The van der Waals surface area contributed by atoms with E-state index in [4.69, 9.17) is 14.1 Å². The van der Waals surface area contributed by atoms with Gasteiger partial charge in [-0.05, 0) is 48.5 Å². The molecule has 0 aliphatic rings. The van der Waals surface area contributed by atoms with Crippen LogP contribution in [0.5, 0.6) is 5.75 Å². The molecule has 180 valence electrons. The van der Waals surface area contributed by atoms with Gasteiger partial charge in [0.25, 0.3) is 0 Å². The molecule has 0 fully saturated rings. The first-order valence-corrected chi connectivity index (χ1v) is 12.3. The van der Waals surface area contributed by atoms with Gasteiger partial charge in [-0.3, -0.25) is 0 Å². The first kappa shape index (κ1) is 25.6. The molecule has 8 heteroatoms. The van der Waals surface area contributed by atoms with Crippen molar-refractivity contribution in [1.29, 1.82) is 0 Å². The van der Waals surface area contributed by atoms with E-state index in [1.54, 1.807) is 0 Å². The molecule has 0 spiro atoms. The van der Waals surface area contributed by atoms with Crippen molar-refractivity contribution in [2.45, 2.75) is 6.10 Å². The summed E-state index contributed by atoms with van der Waals surface area (Å²) >= 11 is 0. The highest BCUT2D eigenvalue weighted by atomic mass is 32.2. The van der Waals surface area contributed by atoms with E-state index in [1.807, 2.05) is 104 Å². The number of ether oxygens (including phenoxy) is 1. The predicted octanol–water partition coefficient (Wildman–Crippen LogP) is 3.17. The standard InChI is InChI=1S/C26H30N2O5S/c1-28(2)17-18-32-23-15-13-22(14-16-23)25(20-9-5-3-6-10-20)26(21-11-7-4-8-12-21)24(19-29)33-34(27,30)31/h3-16,24,29H,17-19H2,1-2H3,(H2,27,30,31)/b26-25-. The summed E-state index contributed by atoms with van der Waals surface area (Å²) in [7, 11) is -0.365. The molecule has 0 bridgehead atoms. The lowest BCUT2D eigenvalue weighted by Gasteiger charge is -2.23. The molecule has 3 aromatic rings. The highest BCUT2D eigenvalue weighted by molar-refractivity contribution is 7.84. The largest absolute Gasteiger partial charge is 0.492 e. The molecule has 1 atom stereocenters. The van der Waals surface area contributed by atoms with Crippen LogP contribution in [-0.2, 0) is 14.5 Å². The molecule has 0 saturated carbocycles. The van der Waals surface area contributed by atoms with E-state index in [0.717, 1.165) is 23.4 Å². The van der Waals surface area contributed by atoms with Gasteiger partial charge in [-0.2, -0.15) is 8.42 Å². The van der Waals surface area contributed by atoms with E-state index < -0.39 is 23.0 Å². The third kappa shape index (κ3) is 7.24. The number of likely N-dealkylation sites (N-methyl/N-ethyl adjacent to an activating group) is 1. The fraction of sp³-hybridized carbons (Fsp3) is 0.231. The fourth-order valence-corrected chi connectivity index (χ4v) is 4.07. The van der Waals surface area contributed by atoms with Crippen LogP contribution in [0.3, 0.4) is 0 Å². The number of nitrogens with two attached hydrogens (primary N) is 1. The van der Waals surface area contributed by atoms with E-state index in [-0.39, 0.29) is 0 Å². The molecule has 0 aromatic heterocycles. The van der Waals surface area contributed by atoms with Crippen LogP contribution in [0.15, 0.2) is 84.9 Å². The molecule has 0 aliphatic carbocycles. The fourth-order valence-electron chi connectivity index (χ4n) is 3.59. The summed E-state index contributed by atoms with van der Waals surface area (Å²) in [4.78, 5) is 2.04. The maximum atomic E-state index is 11.8. The second kappa shape index (κ2) is 11.9. The summed E-state index contributed by atoms with van der Waals surface area (Å²) in [6.07, 6.45) is -1.20. The van der Waals surface area contributed by atoms with Gasteiger partial charge in [-0.15, -0.1) is 0 Å². The average Bonchev–Trinajstić information content (AvgIpc) is 2.82. The Kier molecular flexibility index (Phi) is 8.98. The lowest BCUT2D eigenvalue weighted by atomic mass is 9.87. The Labute approximate surface area is 201 Å². The van der Waals surface area contributed by atoms with Crippen molar-refractivity contribution in [2.24, 2.45) is 5.14 Å². The van der Waals surface area contributed by atoms with Crippen LogP contribution in [0.2, 0.25) is 0 Å². The Morgan fingerprint density at radius 3 is 1.91 bits per heavy atom. The molecule has 7 nitrogen and oxygen atoms in total. The number of hydrogen-bond donors (Lipinski definition) is 2. The minimum atomic E-state index is -4.33. The van der Waals surface area contributed by atoms with Crippen molar-refractivity contribution in [2.75, 3.05) is 33.9 Å². The molecular weight excluding hydrogens is 452 g/mol. The van der Waals surface area contributed by atoms with Crippen molar-refractivity contribution < 1.29 is 22.4 Å². The van der Waals surface area contributed by atoms with Crippen molar-refractivity contribution in [3.8, 4) is 5.75 Å². The van der Waals surface area contributed by atoms with Gasteiger partial charge in [-0.1, -0.05) is 72.8 Å². The summed E-state index contributed by atoms with van der Waals surface area (Å²) in [5, 5.41) is 15.3. The normalized spacial score (nSPS) is 13.4. The van der Waals surface area contributed by atoms with E-state index in [1.165, 1.54) is 0 Å². The summed E-state index contributed by atoms with van der Waals surface area (Å²) in [5.74, 6) is 0.721. The Hall–Kier alpha value is -3.01. The minimum absolute atomic E-state index is 0.504. The highest BCUT2D eigenvalue weighted by Gasteiger charge is 2.26. The Morgan fingerprint density at radius 1 is 0.882 bits per heavy atom. The first-order chi connectivity index (χ1) is 16.3. The molecule has 3 aromatic carbocycles. The van der Waals surface area contributed by atoms with E-state index >= 15 is 0 Å². The zero-order valence-corrected chi connectivity index (χ0v) is 20.1. The number of nitrogens with zero attached hydrogens (tertiary/aromatic N) is 1. The second-order valence-electron chi connectivity index (χ2n) is 7.96. The van der Waals surface area contributed by atoms with Gasteiger partial charge in [-0.25, -0.2) is 9.32 Å². The molecule has 0 heterocycles. The molecule has 34 heavy (non-hydrogen) atoms. The number of benzene rings is 3. The van der Waals surface area contributed by atoms with E-state index in [0.29, 0.717) is 23.3 Å². The maximum Gasteiger partial charge on any atom is 0.333 e. The predicted molar refractivity (Wildman–Crippen MR) is 134 cm³/mol.